The molecule has 6 nitrogen and oxygen atoms in total. The molecular formula is C16H22N4O2. The largest absolute Gasteiger partial charge is 0.484 e. The van der Waals surface area contributed by atoms with Crippen molar-refractivity contribution >= 4 is 5.91 Å². The highest BCUT2D eigenvalue weighted by Crippen LogP contribution is 2.15. The van der Waals surface area contributed by atoms with Gasteiger partial charge in [-0.15, -0.1) is 0 Å². The van der Waals surface area contributed by atoms with E-state index in [1.807, 2.05) is 31.2 Å². The van der Waals surface area contributed by atoms with Gasteiger partial charge < -0.3 is 10.1 Å². The third kappa shape index (κ3) is 4.58. The molecule has 118 valence electrons. The molecule has 0 spiro atoms. The molecule has 1 N–H and O–H groups in total. The molecule has 2 aromatic rings. The van der Waals surface area contributed by atoms with Crippen molar-refractivity contribution in [3.63, 3.8) is 0 Å². The van der Waals surface area contributed by atoms with E-state index in [2.05, 4.69) is 29.4 Å². The van der Waals surface area contributed by atoms with E-state index in [0.717, 1.165) is 11.3 Å². The van der Waals surface area contributed by atoms with Crippen LogP contribution in [0.15, 0.2) is 36.7 Å². The van der Waals surface area contributed by atoms with Gasteiger partial charge in [0.05, 0.1) is 25.0 Å². The van der Waals surface area contributed by atoms with E-state index in [-0.39, 0.29) is 24.5 Å². The molecule has 1 aromatic carbocycles. The Morgan fingerprint density at radius 1 is 1.27 bits per heavy atom. The van der Waals surface area contributed by atoms with Crippen molar-refractivity contribution in [3.05, 3.63) is 42.2 Å². The smallest absolute Gasteiger partial charge is 0.258 e. The summed E-state index contributed by atoms with van der Waals surface area (Å²) >= 11 is 0. The predicted octanol–water partition coefficient (Wildman–Crippen LogP) is 1.81. The van der Waals surface area contributed by atoms with Gasteiger partial charge in [0.15, 0.2) is 6.61 Å². The molecule has 1 heterocycles. The van der Waals surface area contributed by atoms with Crippen molar-refractivity contribution in [3.8, 4) is 5.75 Å². The second-order valence-corrected chi connectivity index (χ2v) is 5.56. The van der Waals surface area contributed by atoms with Gasteiger partial charge in [0.25, 0.3) is 5.91 Å². The van der Waals surface area contributed by atoms with Gasteiger partial charge in [0, 0.05) is 0 Å². The summed E-state index contributed by atoms with van der Waals surface area (Å²) in [5.74, 6) is 0.856. The van der Waals surface area contributed by atoms with Crippen molar-refractivity contribution in [2.45, 2.75) is 33.4 Å². The van der Waals surface area contributed by atoms with E-state index in [1.165, 1.54) is 0 Å². The number of carbonyl (C=O) groups excluding carboxylic acids is 1. The summed E-state index contributed by atoms with van der Waals surface area (Å²) in [6.07, 6.45) is 3.25. The van der Waals surface area contributed by atoms with Crippen LogP contribution in [0.3, 0.4) is 0 Å². The van der Waals surface area contributed by atoms with Gasteiger partial charge in [-0.3, -0.25) is 4.79 Å². The molecule has 2 rings (SSSR count). The van der Waals surface area contributed by atoms with Crippen molar-refractivity contribution in [1.82, 2.24) is 20.3 Å². The topological polar surface area (TPSA) is 69.0 Å². The van der Waals surface area contributed by atoms with Crippen LogP contribution >= 0.6 is 0 Å². The second kappa shape index (κ2) is 7.59. The Labute approximate surface area is 130 Å². The van der Waals surface area contributed by atoms with Crippen LogP contribution in [-0.4, -0.2) is 33.5 Å². The van der Waals surface area contributed by atoms with Gasteiger partial charge in [0.1, 0.15) is 5.75 Å². The van der Waals surface area contributed by atoms with Crippen LogP contribution in [0.25, 0.3) is 0 Å². The summed E-state index contributed by atoms with van der Waals surface area (Å²) in [6, 6.07) is 7.60. The Balaban J connectivity index is 1.87. The number of ether oxygens (including phenoxy) is 1. The first kappa shape index (κ1) is 16.0. The van der Waals surface area contributed by atoms with Crippen LogP contribution in [0.5, 0.6) is 5.75 Å². The number of rotatable bonds is 7. The number of carbonyl (C=O) groups is 1. The minimum atomic E-state index is -0.144. The summed E-state index contributed by atoms with van der Waals surface area (Å²) in [5, 5.41) is 11.1. The van der Waals surface area contributed by atoms with Crippen LogP contribution in [0.4, 0.5) is 0 Å². The van der Waals surface area contributed by atoms with Crippen molar-refractivity contribution in [1.29, 1.82) is 0 Å². The van der Waals surface area contributed by atoms with E-state index in [9.17, 15) is 4.79 Å². The second-order valence-electron chi connectivity index (χ2n) is 5.56. The summed E-state index contributed by atoms with van der Waals surface area (Å²) in [5.41, 5.74) is 1.01. The Morgan fingerprint density at radius 2 is 1.95 bits per heavy atom. The van der Waals surface area contributed by atoms with Crippen LogP contribution in [0, 0.1) is 12.8 Å². The van der Waals surface area contributed by atoms with Crippen molar-refractivity contribution < 1.29 is 9.53 Å². The number of hydrogen-bond acceptors (Lipinski definition) is 4. The molecule has 6 heteroatoms. The third-order valence-corrected chi connectivity index (χ3v) is 3.43. The van der Waals surface area contributed by atoms with Crippen LogP contribution in [-0.2, 0) is 11.3 Å². The number of hydrogen-bond donors (Lipinski definition) is 1. The molecule has 1 atom stereocenters. The highest BCUT2D eigenvalue weighted by molar-refractivity contribution is 5.77. The van der Waals surface area contributed by atoms with E-state index < -0.39 is 0 Å². The Hall–Kier alpha value is -2.37. The summed E-state index contributed by atoms with van der Waals surface area (Å²) in [6.45, 7) is 6.60. The standard InChI is InChI=1S/C16H22N4O2/c1-12(2)14(10-20-17-8-9-18-20)19-16(21)11-22-15-7-5-4-6-13(15)3/h4-9,12,14H,10-11H2,1-3H3,(H,19,21)/t14-/m0/s1. The zero-order chi connectivity index (χ0) is 15.9. The molecule has 0 aliphatic heterocycles. The number of nitrogens with zero attached hydrogens (tertiary/aromatic N) is 3. The van der Waals surface area contributed by atoms with Crippen molar-refractivity contribution in [2.24, 2.45) is 5.92 Å². The Morgan fingerprint density at radius 3 is 2.59 bits per heavy atom. The maximum Gasteiger partial charge on any atom is 0.258 e. The molecule has 0 saturated heterocycles. The van der Waals surface area contributed by atoms with Gasteiger partial charge in [0.2, 0.25) is 0 Å². The van der Waals surface area contributed by atoms with Crippen LogP contribution in [0.2, 0.25) is 0 Å². The van der Waals surface area contributed by atoms with E-state index in [0.29, 0.717) is 6.54 Å². The average Bonchev–Trinajstić information content (AvgIpc) is 2.98. The van der Waals surface area contributed by atoms with Crippen molar-refractivity contribution in [2.75, 3.05) is 6.61 Å². The fourth-order valence-electron chi connectivity index (χ4n) is 2.05. The lowest BCUT2D eigenvalue weighted by Crippen LogP contribution is -2.44. The van der Waals surface area contributed by atoms with Gasteiger partial charge in [-0.2, -0.15) is 15.0 Å². The average molecular weight is 302 g/mol. The normalized spacial score (nSPS) is 12.2. The molecule has 0 aliphatic carbocycles. The Bertz CT molecular complexity index is 596. The fourth-order valence-corrected chi connectivity index (χ4v) is 2.05. The first-order chi connectivity index (χ1) is 10.6. The zero-order valence-corrected chi connectivity index (χ0v) is 13.2. The van der Waals surface area contributed by atoms with Gasteiger partial charge >= 0.3 is 0 Å². The predicted molar refractivity (Wildman–Crippen MR) is 83.5 cm³/mol. The molecule has 1 amide bonds. The number of aryl methyl sites for hydroxylation is 1. The van der Waals surface area contributed by atoms with Gasteiger partial charge in [-0.05, 0) is 24.5 Å². The quantitative estimate of drug-likeness (QED) is 0.847. The molecule has 22 heavy (non-hydrogen) atoms. The monoisotopic (exact) mass is 302 g/mol. The molecule has 0 bridgehead atoms. The fraction of sp³-hybridized carbons (Fsp3) is 0.438. The molecule has 0 saturated carbocycles. The molecule has 0 aliphatic rings. The number of para-hydroxylation sites is 1. The zero-order valence-electron chi connectivity index (χ0n) is 13.2. The first-order valence-electron chi connectivity index (χ1n) is 7.38. The van der Waals surface area contributed by atoms with E-state index in [4.69, 9.17) is 4.74 Å². The number of benzene rings is 1. The van der Waals surface area contributed by atoms with Crippen LogP contribution < -0.4 is 10.1 Å². The highest BCUT2D eigenvalue weighted by Gasteiger charge is 2.18. The Kier molecular flexibility index (Phi) is 5.52. The van der Waals surface area contributed by atoms with Gasteiger partial charge in [-0.25, -0.2) is 0 Å². The lowest BCUT2D eigenvalue weighted by Gasteiger charge is -2.22. The minimum Gasteiger partial charge on any atom is -0.484 e. The maximum absolute atomic E-state index is 12.1. The number of aromatic nitrogens is 3. The highest BCUT2D eigenvalue weighted by atomic mass is 16.5. The molecule has 1 aromatic heterocycles. The third-order valence-electron chi connectivity index (χ3n) is 3.43. The maximum atomic E-state index is 12.1. The number of amides is 1. The first-order valence-corrected chi connectivity index (χ1v) is 7.38. The molecule has 0 fully saturated rings. The lowest BCUT2D eigenvalue weighted by molar-refractivity contribution is -0.124. The summed E-state index contributed by atoms with van der Waals surface area (Å²) in [7, 11) is 0. The SMILES string of the molecule is Cc1ccccc1OCC(=O)N[C@@H](Cn1nccn1)C(C)C. The van der Waals surface area contributed by atoms with E-state index >= 15 is 0 Å². The molecular weight excluding hydrogens is 280 g/mol. The molecule has 0 unspecified atom stereocenters. The summed E-state index contributed by atoms with van der Waals surface area (Å²) in [4.78, 5) is 13.7. The van der Waals surface area contributed by atoms with E-state index in [1.54, 1.807) is 17.2 Å². The molecule has 0 radical (unpaired) electrons. The minimum absolute atomic E-state index is 0.000604. The number of nitrogens with one attached hydrogen (secondary N) is 1. The lowest BCUT2D eigenvalue weighted by atomic mass is 10.0. The van der Waals surface area contributed by atoms with Gasteiger partial charge in [-0.1, -0.05) is 32.0 Å². The van der Waals surface area contributed by atoms with Crippen LogP contribution in [0.1, 0.15) is 19.4 Å². The summed E-state index contributed by atoms with van der Waals surface area (Å²) < 4.78 is 5.56.